The van der Waals surface area contributed by atoms with Gasteiger partial charge in [-0.1, -0.05) is 6.08 Å². The second-order valence-corrected chi connectivity index (χ2v) is 8.14. The van der Waals surface area contributed by atoms with Gasteiger partial charge >= 0.3 is 6.36 Å². The van der Waals surface area contributed by atoms with E-state index in [4.69, 9.17) is 14.6 Å². The van der Waals surface area contributed by atoms with Crippen LogP contribution in [-0.2, 0) is 9.47 Å². The fourth-order valence-corrected chi connectivity index (χ4v) is 4.40. The molecule has 0 saturated carbocycles. The first-order valence-electron chi connectivity index (χ1n) is 11.1. The number of allylic oxidation sites excluding steroid dienone is 3. The van der Waals surface area contributed by atoms with Crippen molar-refractivity contribution in [2.45, 2.75) is 44.5 Å². The minimum atomic E-state index is -4.76. The number of nitrogens with zero attached hydrogens (tertiary/aromatic N) is 5. The van der Waals surface area contributed by atoms with Crippen LogP contribution in [0.1, 0.15) is 37.9 Å². The summed E-state index contributed by atoms with van der Waals surface area (Å²) >= 11 is 0. The summed E-state index contributed by atoms with van der Waals surface area (Å²) < 4.78 is 55.4. The van der Waals surface area contributed by atoms with Crippen LogP contribution in [0.25, 0.3) is 5.65 Å². The number of fused-ring (bicyclic) bond motifs is 3. The Morgan fingerprint density at radius 2 is 2.03 bits per heavy atom. The molecular formula is C21H25F3N6O3. The molecule has 0 aromatic carbocycles. The smallest absolute Gasteiger partial charge is 0.486 e. The van der Waals surface area contributed by atoms with E-state index >= 15 is 0 Å². The van der Waals surface area contributed by atoms with Crippen LogP contribution in [0.3, 0.4) is 0 Å². The first kappa shape index (κ1) is 21.8. The molecular weight excluding hydrogens is 441 g/mol. The van der Waals surface area contributed by atoms with Crippen molar-refractivity contribution in [1.29, 1.82) is 0 Å². The number of ether oxygens (including phenoxy) is 3. The lowest BCUT2D eigenvalue weighted by molar-refractivity contribution is -0.303. The number of aromatic nitrogens is 4. The number of likely N-dealkylation sites (N-methyl/N-ethyl adjacent to an activating group) is 1. The zero-order valence-corrected chi connectivity index (χ0v) is 18.1. The van der Waals surface area contributed by atoms with Gasteiger partial charge in [0.15, 0.2) is 17.4 Å². The van der Waals surface area contributed by atoms with E-state index in [9.17, 15) is 13.2 Å². The molecule has 1 saturated heterocycles. The van der Waals surface area contributed by atoms with E-state index < -0.39 is 12.3 Å². The lowest BCUT2D eigenvalue weighted by Crippen LogP contribution is -2.35. The molecule has 4 heterocycles. The Bertz CT molecular complexity index is 1080. The van der Waals surface area contributed by atoms with Crippen LogP contribution in [0.5, 0.6) is 5.75 Å². The van der Waals surface area contributed by atoms with Crippen molar-refractivity contribution in [2.75, 3.05) is 43.1 Å². The second-order valence-electron chi connectivity index (χ2n) is 8.14. The molecule has 33 heavy (non-hydrogen) atoms. The van der Waals surface area contributed by atoms with Crippen LogP contribution in [0.4, 0.5) is 24.7 Å². The molecule has 2 aromatic rings. The van der Waals surface area contributed by atoms with Crippen molar-refractivity contribution in [3.05, 3.63) is 29.8 Å². The van der Waals surface area contributed by atoms with Crippen molar-refractivity contribution in [3.8, 4) is 5.75 Å². The summed E-state index contributed by atoms with van der Waals surface area (Å²) in [5, 5.41) is 16.9. The second kappa shape index (κ2) is 8.73. The number of alkyl halides is 3. The van der Waals surface area contributed by atoms with Gasteiger partial charge in [0.05, 0.1) is 6.54 Å². The van der Waals surface area contributed by atoms with E-state index in [0.717, 1.165) is 25.1 Å². The number of nitrogens with one attached hydrogen (secondary N) is 1. The van der Waals surface area contributed by atoms with Gasteiger partial charge in [0.2, 0.25) is 5.65 Å². The van der Waals surface area contributed by atoms with E-state index in [1.54, 1.807) is 10.6 Å². The summed E-state index contributed by atoms with van der Waals surface area (Å²) in [6.45, 7) is 5.34. The average Bonchev–Trinajstić information content (AvgIpc) is 3.22. The molecule has 1 N–H and O–H groups in total. The largest absolute Gasteiger partial charge is 0.573 e. The maximum absolute atomic E-state index is 12.7. The van der Waals surface area contributed by atoms with Crippen LogP contribution in [0.15, 0.2) is 24.0 Å². The van der Waals surface area contributed by atoms with E-state index in [2.05, 4.69) is 25.2 Å². The zero-order valence-electron chi connectivity index (χ0n) is 18.1. The maximum atomic E-state index is 12.7. The molecule has 5 rings (SSSR count). The summed E-state index contributed by atoms with van der Waals surface area (Å²) in [5.41, 5.74) is 1.30. The molecule has 2 aromatic heterocycles. The summed E-state index contributed by atoms with van der Waals surface area (Å²) in [4.78, 5) is 2.15. The highest BCUT2D eigenvalue weighted by molar-refractivity contribution is 5.82. The maximum Gasteiger partial charge on any atom is 0.573 e. The molecule has 178 valence electrons. The van der Waals surface area contributed by atoms with Gasteiger partial charge < -0.3 is 24.4 Å². The van der Waals surface area contributed by atoms with Crippen molar-refractivity contribution in [1.82, 2.24) is 19.8 Å². The van der Waals surface area contributed by atoms with Crippen molar-refractivity contribution in [2.24, 2.45) is 0 Å². The Morgan fingerprint density at radius 1 is 1.21 bits per heavy atom. The van der Waals surface area contributed by atoms with E-state index in [1.807, 2.05) is 6.92 Å². The lowest BCUT2D eigenvalue weighted by atomic mass is 9.99. The fourth-order valence-electron chi connectivity index (χ4n) is 4.40. The van der Waals surface area contributed by atoms with Gasteiger partial charge in [-0.2, -0.15) is 4.52 Å². The molecule has 0 bridgehead atoms. The van der Waals surface area contributed by atoms with Gasteiger partial charge in [-0.25, -0.2) is 0 Å². The molecule has 0 spiro atoms. The standard InChI is InChI=1S/C21H25F3N6O3/c1-2-29-8-11-32-17-16(29)20-27-26-19(13-4-3-5-15(12-13)33-21(22,23)24)30(20)28-18(17)25-14-6-9-31-10-7-14/h3,5,12-14H,2,4,6-11H2,1H3,(H,25,28). The van der Waals surface area contributed by atoms with E-state index in [1.165, 1.54) is 12.2 Å². The first-order valence-corrected chi connectivity index (χ1v) is 11.1. The third-order valence-electron chi connectivity index (χ3n) is 5.98. The highest BCUT2D eigenvalue weighted by Crippen LogP contribution is 2.41. The molecule has 12 heteroatoms. The Labute approximate surface area is 188 Å². The molecule has 1 aliphatic carbocycles. The van der Waals surface area contributed by atoms with Gasteiger partial charge in [0.1, 0.15) is 18.1 Å². The Balaban J connectivity index is 1.57. The lowest BCUT2D eigenvalue weighted by Gasteiger charge is -2.32. The fraction of sp³-hybridized carbons (Fsp3) is 0.571. The number of hydrogen-bond donors (Lipinski definition) is 1. The third-order valence-corrected chi connectivity index (χ3v) is 5.98. The predicted octanol–water partition coefficient (Wildman–Crippen LogP) is 3.40. The molecule has 1 unspecified atom stereocenters. The Morgan fingerprint density at radius 3 is 2.79 bits per heavy atom. The van der Waals surface area contributed by atoms with Crippen LogP contribution in [0, 0.1) is 0 Å². The quantitative estimate of drug-likeness (QED) is 0.718. The van der Waals surface area contributed by atoms with Gasteiger partial charge in [-0.3, -0.25) is 0 Å². The van der Waals surface area contributed by atoms with Gasteiger partial charge in [0, 0.05) is 31.7 Å². The Hall–Kier alpha value is -3.02. The topological polar surface area (TPSA) is 86.0 Å². The molecule has 1 atom stereocenters. The molecule has 0 radical (unpaired) electrons. The van der Waals surface area contributed by atoms with Crippen LogP contribution < -0.4 is 15.0 Å². The first-order chi connectivity index (χ1) is 15.9. The predicted molar refractivity (Wildman–Crippen MR) is 113 cm³/mol. The Kier molecular flexibility index (Phi) is 5.77. The average molecular weight is 466 g/mol. The molecule has 2 aliphatic heterocycles. The summed E-state index contributed by atoms with van der Waals surface area (Å²) in [6.07, 6.45) is 1.74. The summed E-state index contributed by atoms with van der Waals surface area (Å²) in [5.74, 6) is 0.903. The molecule has 1 fully saturated rings. The highest BCUT2D eigenvalue weighted by Gasteiger charge is 2.34. The van der Waals surface area contributed by atoms with Crippen LogP contribution in [0.2, 0.25) is 0 Å². The SMILES string of the molecule is CCN1CCOc2c(NC3CCOCC3)nn3c(C4C=C(OC(F)(F)F)C=CC4)nnc3c21. The normalized spacial score (nSPS) is 21.5. The minimum absolute atomic E-state index is 0.178. The van der Waals surface area contributed by atoms with Crippen molar-refractivity contribution in [3.63, 3.8) is 0 Å². The molecule has 3 aliphatic rings. The van der Waals surface area contributed by atoms with Crippen molar-refractivity contribution >= 4 is 17.2 Å². The van der Waals surface area contributed by atoms with E-state index in [-0.39, 0.29) is 11.8 Å². The van der Waals surface area contributed by atoms with Crippen LogP contribution in [-0.4, -0.2) is 65.1 Å². The van der Waals surface area contributed by atoms with Crippen LogP contribution >= 0.6 is 0 Å². The molecule has 9 nitrogen and oxygen atoms in total. The van der Waals surface area contributed by atoms with Crippen molar-refractivity contribution < 1.29 is 27.4 Å². The van der Waals surface area contributed by atoms with Gasteiger partial charge in [-0.05, 0) is 38.3 Å². The minimum Gasteiger partial charge on any atom is -0.486 e. The summed E-state index contributed by atoms with van der Waals surface area (Å²) in [7, 11) is 0. The number of anilines is 2. The number of halogens is 3. The number of hydrogen-bond acceptors (Lipinski definition) is 8. The highest BCUT2D eigenvalue weighted by atomic mass is 19.4. The zero-order chi connectivity index (χ0) is 23.0. The number of rotatable bonds is 5. The molecule has 0 amide bonds. The van der Waals surface area contributed by atoms with Gasteiger partial charge in [0.25, 0.3) is 0 Å². The third kappa shape index (κ3) is 4.43. The monoisotopic (exact) mass is 466 g/mol. The van der Waals surface area contributed by atoms with Gasteiger partial charge in [-0.15, -0.1) is 28.5 Å². The van der Waals surface area contributed by atoms with E-state index in [0.29, 0.717) is 55.8 Å². The summed E-state index contributed by atoms with van der Waals surface area (Å²) in [6, 6.07) is 0.178.